The fraction of sp³-hybridized carbons (Fsp3) is 0.292. The fourth-order valence-corrected chi connectivity index (χ4v) is 6.87. The first-order chi connectivity index (χ1) is 18.4. The molecule has 0 saturated heterocycles. The van der Waals surface area contributed by atoms with Crippen molar-refractivity contribution in [1.82, 2.24) is 9.97 Å². The molecule has 0 spiro atoms. The van der Waals surface area contributed by atoms with Crippen molar-refractivity contribution in [1.29, 1.82) is 0 Å². The molecule has 2 aromatic heterocycles. The monoisotopic (exact) mass is 582 g/mol. The third-order valence-corrected chi connectivity index (χ3v) is 9.18. The topological polar surface area (TPSA) is 155 Å². The minimum Gasteiger partial charge on any atom is -0.481 e. The summed E-state index contributed by atoms with van der Waals surface area (Å²) >= 11 is 0.489. The van der Waals surface area contributed by atoms with Gasteiger partial charge in [0.15, 0.2) is 20.1 Å². The number of anilines is 2. The first-order valence-corrected chi connectivity index (χ1v) is 13.9. The summed E-state index contributed by atoms with van der Waals surface area (Å²) in [5.74, 6) is -2.35. The first-order valence-electron chi connectivity index (χ1n) is 11.6. The lowest BCUT2D eigenvalue weighted by Gasteiger charge is -2.16. The number of nitrogens with zero attached hydrogens (tertiary/aromatic N) is 2. The van der Waals surface area contributed by atoms with Crippen molar-refractivity contribution in [3.63, 3.8) is 0 Å². The number of carboxylic acid groups (broad SMARTS) is 1. The van der Waals surface area contributed by atoms with Crippen LogP contribution in [0, 0.1) is 5.92 Å². The van der Waals surface area contributed by atoms with E-state index in [1.165, 1.54) is 24.4 Å². The van der Waals surface area contributed by atoms with E-state index in [4.69, 9.17) is 0 Å². The third kappa shape index (κ3) is 6.42. The second-order valence-electron chi connectivity index (χ2n) is 8.68. The molecule has 206 valence electrons. The summed E-state index contributed by atoms with van der Waals surface area (Å²) in [6, 6.07) is 5.52. The smallest absolute Gasteiger partial charge is 0.416 e. The number of ketones is 1. The zero-order valence-electron chi connectivity index (χ0n) is 20.0. The van der Waals surface area contributed by atoms with Gasteiger partial charge in [-0.2, -0.15) is 13.2 Å². The summed E-state index contributed by atoms with van der Waals surface area (Å²) < 4.78 is 65.6. The number of thiazole rings is 1. The lowest BCUT2D eigenvalue weighted by Crippen LogP contribution is -2.23. The Morgan fingerprint density at radius 3 is 2.41 bits per heavy atom. The molecule has 2 heterocycles. The molecule has 1 aliphatic rings. The highest BCUT2D eigenvalue weighted by atomic mass is 32.2. The quantitative estimate of drug-likeness (QED) is 0.312. The fourth-order valence-electron chi connectivity index (χ4n) is 4.15. The van der Waals surface area contributed by atoms with E-state index in [1.54, 1.807) is 0 Å². The molecule has 15 heteroatoms. The molecule has 39 heavy (non-hydrogen) atoms. The van der Waals surface area contributed by atoms with E-state index in [1.807, 2.05) is 0 Å². The molecular weight excluding hydrogens is 561 g/mol. The van der Waals surface area contributed by atoms with Gasteiger partial charge in [-0.15, -0.1) is 0 Å². The van der Waals surface area contributed by atoms with Crippen LogP contribution in [0.1, 0.15) is 47.3 Å². The second kappa shape index (κ2) is 11.1. The number of aliphatic carboxylic acids is 1. The lowest BCUT2D eigenvalue weighted by molar-refractivity contribution is -0.138. The highest BCUT2D eigenvalue weighted by molar-refractivity contribution is 7.93. The number of pyridine rings is 1. The van der Waals surface area contributed by atoms with E-state index in [0.29, 0.717) is 30.2 Å². The predicted octanol–water partition coefficient (Wildman–Crippen LogP) is 5.03. The summed E-state index contributed by atoms with van der Waals surface area (Å²) in [5, 5.41) is 13.2. The van der Waals surface area contributed by atoms with Crippen LogP contribution < -0.4 is 10.6 Å². The van der Waals surface area contributed by atoms with Crippen LogP contribution in [0.4, 0.5) is 28.8 Å². The molecule has 1 fully saturated rings. The van der Waals surface area contributed by atoms with Gasteiger partial charge in [-0.1, -0.05) is 30.2 Å². The Morgan fingerprint density at radius 1 is 1.08 bits per heavy atom. The van der Waals surface area contributed by atoms with Crippen molar-refractivity contribution in [3.8, 4) is 0 Å². The number of carbonyl (C=O) groups is 3. The average molecular weight is 583 g/mol. The maximum atomic E-state index is 13.3. The number of carbonyl (C=O) groups excluding carboxylic acids is 2. The normalized spacial score (nSPS) is 14.2. The standard InChI is InChI=1S/C24H21F3N4O6S2/c25-24(26,27)14-8-9-16(15(11-14)20(34)13-5-1-2-6-13)29-22(35)31-23-30-17(12-19(32)33)21(38-23)39(36,37)18-7-3-4-10-28-18/h3-4,7-11,13H,1-2,5-6,12H2,(H,32,33)(H2,29,30,31,35). The summed E-state index contributed by atoms with van der Waals surface area (Å²) in [7, 11) is -4.28. The first kappa shape index (κ1) is 28.2. The Morgan fingerprint density at radius 2 is 1.79 bits per heavy atom. The van der Waals surface area contributed by atoms with Gasteiger partial charge < -0.3 is 10.4 Å². The largest absolute Gasteiger partial charge is 0.481 e. The highest BCUT2D eigenvalue weighted by Crippen LogP contribution is 2.36. The van der Waals surface area contributed by atoms with Crippen molar-refractivity contribution in [2.24, 2.45) is 5.92 Å². The van der Waals surface area contributed by atoms with Crippen molar-refractivity contribution in [3.05, 3.63) is 59.4 Å². The Hall–Kier alpha value is -3.85. The number of halogens is 3. The van der Waals surface area contributed by atoms with Gasteiger partial charge in [0.2, 0.25) is 9.84 Å². The van der Waals surface area contributed by atoms with E-state index in [0.717, 1.165) is 25.0 Å². The maximum absolute atomic E-state index is 13.3. The number of sulfone groups is 1. The molecule has 3 N–H and O–H groups in total. The number of rotatable bonds is 8. The van der Waals surface area contributed by atoms with Gasteiger partial charge in [-0.05, 0) is 43.2 Å². The molecule has 0 aliphatic heterocycles. The van der Waals surface area contributed by atoms with Gasteiger partial charge in [0.1, 0.15) is 0 Å². The molecule has 0 radical (unpaired) electrons. The number of benzene rings is 1. The van der Waals surface area contributed by atoms with Crippen LogP contribution in [-0.4, -0.2) is 41.3 Å². The molecular formula is C24H21F3N4O6S2. The van der Waals surface area contributed by atoms with E-state index < -0.39 is 55.9 Å². The summed E-state index contributed by atoms with van der Waals surface area (Å²) in [6.45, 7) is 0. The van der Waals surface area contributed by atoms with Crippen molar-refractivity contribution < 1.29 is 41.1 Å². The molecule has 0 bridgehead atoms. The maximum Gasteiger partial charge on any atom is 0.416 e. The van der Waals surface area contributed by atoms with E-state index in [-0.39, 0.29) is 27.1 Å². The molecule has 10 nitrogen and oxygen atoms in total. The molecule has 3 aromatic rings. The Bertz CT molecular complexity index is 1520. The molecule has 1 saturated carbocycles. The van der Waals surface area contributed by atoms with E-state index in [2.05, 4.69) is 20.6 Å². The summed E-state index contributed by atoms with van der Waals surface area (Å²) in [4.78, 5) is 44.8. The Kier molecular flexibility index (Phi) is 8.02. The van der Waals surface area contributed by atoms with Crippen LogP contribution in [0.2, 0.25) is 0 Å². The number of carboxylic acids is 1. The van der Waals surface area contributed by atoms with Crippen molar-refractivity contribution in [2.45, 2.75) is 47.5 Å². The zero-order chi connectivity index (χ0) is 28.4. The van der Waals surface area contributed by atoms with Gasteiger partial charge in [-0.3, -0.25) is 14.9 Å². The highest BCUT2D eigenvalue weighted by Gasteiger charge is 2.34. The summed E-state index contributed by atoms with van der Waals surface area (Å²) in [5.41, 5.74) is -1.84. The molecule has 0 atom stereocenters. The molecule has 4 rings (SSSR count). The number of Topliss-reactive ketones (excluding diaryl/α,β-unsaturated/α-hetero) is 1. The Labute approximate surface area is 224 Å². The van der Waals surface area contributed by atoms with Gasteiger partial charge in [0.05, 0.1) is 23.4 Å². The van der Waals surface area contributed by atoms with Crippen LogP contribution in [0.15, 0.2) is 51.8 Å². The van der Waals surface area contributed by atoms with Crippen LogP contribution in [-0.2, 0) is 27.2 Å². The van der Waals surface area contributed by atoms with Crippen molar-refractivity contribution in [2.75, 3.05) is 10.6 Å². The number of hydrogen-bond acceptors (Lipinski definition) is 8. The van der Waals surface area contributed by atoms with E-state index >= 15 is 0 Å². The Balaban J connectivity index is 1.62. The number of urea groups is 1. The molecule has 2 amide bonds. The summed E-state index contributed by atoms with van der Waals surface area (Å²) in [6.07, 6.45) is -1.63. The van der Waals surface area contributed by atoms with Crippen LogP contribution in [0.5, 0.6) is 0 Å². The number of nitrogens with one attached hydrogen (secondary N) is 2. The van der Waals surface area contributed by atoms with Gasteiger partial charge in [0, 0.05) is 17.7 Å². The van der Waals surface area contributed by atoms with Gasteiger partial charge in [0.25, 0.3) is 0 Å². The number of aromatic nitrogens is 2. The molecule has 1 aromatic carbocycles. The van der Waals surface area contributed by atoms with Crippen LogP contribution in [0.3, 0.4) is 0 Å². The minimum absolute atomic E-state index is 0.166. The van der Waals surface area contributed by atoms with Crippen molar-refractivity contribution >= 4 is 49.8 Å². The average Bonchev–Trinajstić information content (AvgIpc) is 3.54. The number of amides is 2. The number of alkyl halides is 3. The molecule has 1 aliphatic carbocycles. The predicted molar refractivity (Wildman–Crippen MR) is 134 cm³/mol. The second-order valence-corrected chi connectivity index (χ2v) is 11.8. The van der Waals surface area contributed by atoms with E-state index in [9.17, 15) is 41.1 Å². The SMILES string of the molecule is O=C(O)Cc1nc(NC(=O)Nc2ccc(C(F)(F)F)cc2C(=O)C2CCCC2)sc1S(=O)(=O)c1ccccn1. The number of hydrogen-bond donors (Lipinski definition) is 3. The van der Waals surface area contributed by atoms with Gasteiger partial charge >= 0.3 is 18.2 Å². The van der Waals surface area contributed by atoms with Crippen LogP contribution in [0.25, 0.3) is 0 Å². The van der Waals surface area contributed by atoms with Gasteiger partial charge in [-0.25, -0.2) is 23.2 Å². The molecule has 0 unspecified atom stereocenters. The van der Waals surface area contributed by atoms with Crippen LogP contribution >= 0.6 is 11.3 Å². The third-order valence-electron chi connectivity index (χ3n) is 5.94. The minimum atomic E-state index is -4.71. The lowest BCUT2D eigenvalue weighted by atomic mass is 9.93. The zero-order valence-corrected chi connectivity index (χ0v) is 21.6.